The number of nitrogens with one attached hydrogen (secondary N) is 1. The van der Waals surface area contributed by atoms with Gasteiger partial charge < -0.3 is 4.84 Å². The number of hydrogen-bond acceptors (Lipinski definition) is 2. The monoisotopic (exact) mass is 335 g/mol. The largest absolute Gasteiger partial charge is 0.416 e. The summed E-state index contributed by atoms with van der Waals surface area (Å²) in [5, 5.41) is 0. The predicted octanol–water partition coefficient (Wildman–Crippen LogP) is 5.59. The Morgan fingerprint density at radius 3 is 2.25 bits per heavy atom. The Balaban J connectivity index is 1.73. The first-order valence-electron chi connectivity index (χ1n) is 8.22. The molecule has 1 fully saturated rings. The van der Waals surface area contributed by atoms with Gasteiger partial charge in [-0.25, -0.2) is 0 Å². The number of rotatable bonds is 4. The first-order chi connectivity index (χ1) is 11.5. The summed E-state index contributed by atoms with van der Waals surface area (Å²) in [6.45, 7) is 0. The molecular formula is C19H20F3NO. The van der Waals surface area contributed by atoms with Crippen molar-refractivity contribution in [2.75, 3.05) is 0 Å². The van der Waals surface area contributed by atoms with E-state index < -0.39 is 11.7 Å². The van der Waals surface area contributed by atoms with Crippen LogP contribution in [0.1, 0.15) is 37.7 Å². The fourth-order valence-electron chi connectivity index (χ4n) is 2.99. The van der Waals surface area contributed by atoms with Gasteiger partial charge in [0.2, 0.25) is 0 Å². The Bertz CT molecular complexity index is 678. The summed E-state index contributed by atoms with van der Waals surface area (Å²) in [5.41, 5.74) is 3.65. The molecule has 0 unspecified atom stereocenters. The zero-order valence-corrected chi connectivity index (χ0v) is 13.3. The highest BCUT2D eigenvalue weighted by Gasteiger charge is 2.30. The second kappa shape index (κ2) is 7.26. The molecule has 0 saturated heterocycles. The Hall–Kier alpha value is -2.01. The van der Waals surface area contributed by atoms with E-state index in [0.29, 0.717) is 22.9 Å². The van der Waals surface area contributed by atoms with Crippen LogP contribution in [-0.2, 0) is 6.18 Å². The van der Waals surface area contributed by atoms with E-state index in [1.54, 1.807) is 30.3 Å². The number of benzene rings is 2. The molecule has 0 radical (unpaired) electrons. The molecule has 1 aliphatic carbocycles. The van der Waals surface area contributed by atoms with Gasteiger partial charge in [0.15, 0.2) is 0 Å². The first-order valence-corrected chi connectivity index (χ1v) is 8.22. The molecule has 5 heteroatoms. The molecule has 0 aromatic heterocycles. The molecular weight excluding hydrogens is 315 g/mol. The van der Waals surface area contributed by atoms with Crippen LogP contribution in [0.15, 0.2) is 48.5 Å². The van der Waals surface area contributed by atoms with Crippen LogP contribution in [0.5, 0.6) is 5.75 Å². The fraction of sp³-hybridized carbons (Fsp3) is 0.368. The smallest absolute Gasteiger partial charge is 0.408 e. The summed E-state index contributed by atoms with van der Waals surface area (Å²) in [6, 6.07) is 12.8. The van der Waals surface area contributed by atoms with Crippen molar-refractivity contribution in [1.82, 2.24) is 5.48 Å². The van der Waals surface area contributed by atoms with Crippen molar-refractivity contribution >= 4 is 0 Å². The predicted molar refractivity (Wildman–Crippen MR) is 87.5 cm³/mol. The van der Waals surface area contributed by atoms with Crippen LogP contribution >= 0.6 is 0 Å². The van der Waals surface area contributed by atoms with Gasteiger partial charge in [-0.15, -0.1) is 0 Å². The highest BCUT2D eigenvalue weighted by Crippen LogP contribution is 2.33. The Morgan fingerprint density at radius 2 is 1.54 bits per heavy atom. The standard InChI is InChI=1S/C19H20F3NO/c20-19(21,22)16-8-4-6-14(12-16)15-7-5-11-18(13-15)24-23-17-9-2-1-3-10-17/h4-8,11-13,17,23H,1-3,9-10H2. The van der Waals surface area contributed by atoms with Gasteiger partial charge >= 0.3 is 6.18 Å². The maximum absolute atomic E-state index is 12.9. The van der Waals surface area contributed by atoms with Gasteiger partial charge in [-0.2, -0.15) is 18.7 Å². The van der Waals surface area contributed by atoms with Crippen molar-refractivity contribution in [3.05, 3.63) is 54.1 Å². The lowest BCUT2D eigenvalue weighted by Gasteiger charge is -2.22. The van der Waals surface area contributed by atoms with E-state index in [4.69, 9.17) is 4.84 Å². The molecule has 0 heterocycles. The summed E-state index contributed by atoms with van der Waals surface area (Å²) >= 11 is 0. The summed E-state index contributed by atoms with van der Waals surface area (Å²) in [7, 11) is 0. The third-order valence-corrected chi connectivity index (χ3v) is 4.31. The molecule has 0 bridgehead atoms. The van der Waals surface area contributed by atoms with Crippen LogP contribution in [-0.4, -0.2) is 6.04 Å². The van der Waals surface area contributed by atoms with Gasteiger partial charge in [-0.05, 0) is 48.2 Å². The van der Waals surface area contributed by atoms with E-state index in [1.807, 2.05) is 0 Å². The summed E-state index contributed by atoms with van der Waals surface area (Å²) < 4.78 is 38.6. The van der Waals surface area contributed by atoms with Crippen LogP contribution in [0.25, 0.3) is 11.1 Å². The second-order valence-corrected chi connectivity index (χ2v) is 6.16. The molecule has 0 aliphatic heterocycles. The fourth-order valence-corrected chi connectivity index (χ4v) is 2.99. The molecule has 2 nitrogen and oxygen atoms in total. The minimum Gasteiger partial charge on any atom is -0.408 e. The van der Waals surface area contributed by atoms with Crippen molar-refractivity contribution in [3.8, 4) is 16.9 Å². The Kier molecular flexibility index (Phi) is 5.09. The molecule has 2 aromatic carbocycles. The average molecular weight is 335 g/mol. The van der Waals surface area contributed by atoms with Crippen molar-refractivity contribution in [2.45, 2.75) is 44.3 Å². The first kappa shape index (κ1) is 16.8. The molecule has 0 atom stereocenters. The summed E-state index contributed by atoms with van der Waals surface area (Å²) in [4.78, 5) is 5.63. The van der Waals surface area contributed by atoms with Crippen LogP contribution in [0.2, 0.25) is 0 Å². The second-order valence-electron chi connectivity index (χ2n) is 6.16. The molecule has 0 spiro atoms. The zero-order valence-electron chi connectivity index (χ0n) is 13.3. The maximum Gasteiger partial charge on any atom is 0.416 e. The van der Waals surface area contributed by atoms with E-state index in [0.717, 1.165) is 25.0 Å². The SMILES string of the molecule is FC(F)(F)c1cccc(-c2cccc(ONC3CCCCC3)c2)c1. The van der Waals surface area contributed by atoms with Gasteiger partial charge in [0, 0.05) is 6.04 Å². The third-order valence-electron chi connectivity index (χ3n) is 4.31. The topological polar surface area (TPSA) is 21.3 Å². The van der Waals surface area contributed by atoms with Crippen LogP contribution in [0.3, 0.4) is 0 Å². The molecule has 3 rings (SSSR count). The average Bonchev–Trinajstić information content (AvgIpc) is 2.60. The van der Waals surface area contributed by atoms with Gasteiger partial charge in [0.05, 0.1) is 5.56 Å². The van der Waals surface area contributed by atoms with Crippen molar-refractivity contribution in [2.24, 2.45) is 0 Å². The molecule has 1 N–H and O–H groups in total. The van der Waals surface area contributed by atoms with E-state index in [2.05, 4.69) is 5.48 Å². The van der Waals surface area contributed by atoms with Crippen molar-refractivity contribution in [3.63, 3.8) is 0 Å². The van der Waals surface area contributed by atoms with E-state index in [9.17, 15) is 13.2 Å². The summed E-state index contributed by atoms with van der Waals surface area (Å²) in [5.74, 6) is 0.607. The number of hydrogen-bond donors (Lipinski definition) is 1. The Labute approximate surface area is 139 Å². The van der Waals surface area contributed by atoms with Gasteiger partial charge in [0.1, 0.15) is 5.75 Å². The van der Waals surface area contributed by atoms with Crippen molar-refractivity contribution < 1.29 is 18.0 Å². The Morgan fingerprint density at radius 1 is 0.875 bits per heavy atom. The number of halogens is 3. The lowest BCUT2D eigenvalue weighted by molar-refractivity contribution is -0.137. The lowest BCUT2D eigenvalue weighted by atomic mass is 9.96. The quantitative estimate of drug-likeness (QED) is 0.736. The number of hydroxylamine groups is 1. The van der Waals surface area contributed by atoms with E-state index >= 15 is 0 Å². The van der Waals surface area contributed by atoms with Crippen molar-refractivity contribution in [1.29, 1.82) is 0 Å². The molecule has 24 heavy (non-hydrogen) atoms. The molecule has 1 aliphatic rings. The highest BCUT2D eigenvalue weighted by atomic mass is 19.4. The van der Waals surface area contributed by atoms with Crippen LogP contribution < -0.4 is 10.3 Å². The summed E-state index contributed by atoms with van der Waals surface area (Å²) in [6.07, 6.45) is 1.51. The lowest BCUT2D eigenvalue weighted by Crippen LogP contribution is -2.33. The van der Waals surface area contributed by atoms with Gasteiger partial charge in [0.25, 0.3) is 0 Å². The van der Waals surface area contributed by atoms with Gasteiger partial charge in [-0.1, -0.05) is 43.5 Å². The minimum atomic E-state index is -4.34. The molecule has 128 valence electrons. The molecule has 0 amide bonds. The highest BCUT2D eigenvalue weighted by molar-refractivity contribution is 5.65. The zero-order chi connectivity index (χ0) is 17.0. The number of alkyl halides is 3. The minimum absolute atomic E-state index is 0.343. The van der Waals surface area contributed by atoms with E-state index in [1.165, 1.54) is 25.3 Å². The normalized spacial score (nSPS) is 16.1. The van der Waals surface area contributed by atoms with E-state index in [-0.39, 0.29) is 0 Å². The van der Waals surface area contributed by atoms with Crippen LogP contribution in [0.4, 0.5) is 13.2 Å². The molecule has 2 aromatic rings. The third kappa shape index (κ3) is 4.29. The maximum atomic E-state index is 12.9. The molecule has 1 saturated carbocycles. The van der Waals surface area contributed by atoms with Crippen LogP contribution in [0, 0.1) is 0 Å². The van der Waals surface area contributed by atoms with Gasteiger partial charge in [-0.3, -0.25) is 0 Å².